The number of nitrogens with one attached hydrogen (secondary N) is 1. The first-order valence-corrected chi connectivity index (χ1v) is 6.01. The van der Waals surface area contributed by atoms with Gasteiger partial charge in [-0.1, -0.05) is 30.3 Å². The Bertz CT molecular complexity index is 367. The van der Waals surface area contributed by atoms with Gasteiger partial charge in [-0.15, -0.1) is 0 Å². The van der Waals surface area contributed by atoms with Gasteiger partial charge in [-0.25, -0.2) is 4.79 Å². The molecule has 0 saturated carbocycles. The van der Waals surface area contributed by atoms with Gasteiger partial charge in [0.15, 0.2) is 0 Å². The molecule has 1 saturated heterocycles. The van der Waals surface area contributed by atoms with E-state index >= 15 is 0 Å². The Balaban J connectivity index is 1.90. The zero-order valence-corrected chi connectivity index (χ0v) is 9.80. The summed E-state index contributed by atoms with van der Waals surface area (Å²) in [6.45, 7) is 2.11. The lowest BCUT2D eigenvalue weighted by atomic mass is 10.0. The van der Waals surface area contributed by atoms with E-state index in [4.69, 9.17) is 5.11 Å². The van der Waals surface area contributed by atoms with Crippen LogP contribution in [0.2, 0.25) is 0 Å². The van der Waals surface area contributed by atoms with Crippen molar-refractivity contribution in [1.29, 1.82) is 0 Å². The molecule has 1 aromatic carbocycles. The van der Waals surface area contributed by atoms with Gasteiger partial charge in [-0.05, 0) is 18.4 Å². The van der Waals surface area contributed by atoms with Gasteiger partial charge in [0.25, 0.3) is 0 Å². The number of amides is 1. The lowest BCUT2D eigenvalue weighted by Crippen LogP contribution is -2.53. The molecule has 1 aliphatic rings. The van der Waals surface area contributed by atoms with Crippen LogP contribution in [0.5, 0.6) is 0 Å². The van der Waals surface area contributed by atoms with Gasteiger partial charge in [-0.2, -0.15) is 0 Å². The fourth-order valence-electron chi connectivity index (χ4n) is 2.25. The lowest BCUT2D eigenvalue weighted by molar-refractivity contribution is 0.109. The smallest absolute Gasteiger partial charge is 0.407 e. The van der Waals surface area contributed by atoms with Gasteiger partial charge in [0.1, 0.15) is 0 Å². The van der Waals surface area contributed by atoms with E-state index in [1.165, 1.54) is 5.56 Å². The second-order valence-corrected chi connectivity index (χ2v) is 4.36. The van der Waals surface area contributed by atoms with E-state index in [0.717, 1.165) is 25.9 Å². The molecule has 17 heavy (non-hydrogen) atoms. The molecule has 0 aliphatic carbocycles. The molecular weight excluding hydrogens is 216 g/mol. The first-order valence-electron chi connectivity index (χ1n) is 6.01. The predicted molar refractivity (Wildman–Crippen MR) is 66.2 cm³/mol. The Hall–Kier alpha value is -1.55. The van der Waals surface area contributed by atoms with Crippen LogP contribution in [0.4, 0.5) is 4.79 Å². The van der Waals surface area contributed by atoms with Crippen molar-refractivity contribution in [2.45, 2.75) is 18.9 Å². The predicted octanol–water partition coefficient (Wildman–Crippen LogP) is 1.57. The lowest BCUT2D eigenvalue weighted by Gasteiger charge is -2.34. The van der Waals surface area contributed by atoms with Crippen molar-refractivity contribution >= 4 is 6.09 Å². The zero-order chi connectivity index (χ0) is 12.1. The largest absolute Gasteiger partial charge is 0.465 e. The van der Waals surface area contributed by atoms with E-state index in [0.29, 0.717) is 6.54 Å². The van der Waals surface area contributed by atoms with Crippen LogP contribution >= 0.6 is 0 Å². The van der Waals surface area contributed by atoms with E-state index in [9.17, 15) is 4.79 Å². The van der Waals surface area contributed by atoms with Crippen LogP contribution in [0.3, 0.4) is 0 Å². The van der Waals surface area contributed by atoms with Crippen LogP contribution in [0.15, 0.2) is 30.3 Å². The van der Waals surface area contributed by atoms with Crippen molar-refractivity contribution in [2.24, 2.45) is 0 Å². The van der Waals surface area contributed by atoms with Crippen LogP contribution in [-0.4, -0.2) is 41.8 Å². The summed E-state index contributed by atoms with van der Waals surface area (Å²) in [5, 5.41) is 12.4. The molecule has 1 amide bonds. The maximum absolute atomic E-state index is 11.1. The normalized spacial score (nSPS) is 20.2. The van der Waals surface area contributed by atoms with Gasteiger partial charge in [0.2, 0.25) is 0 Å². The highest BCUT2D eigenvalue weighted by molar-refractivity contribution is 5.65. The number of piperazine rings is 1. The molecule has 1 aliphatic heterocycles. The Labute approximate surface area is 101 Å². The van der Waals surface area contributed by atoms with E-state index in [2.05, 4.69) is 17.4 Å². The third kappa shape index (κ3) is 3.20. The summed E-state index contributed by atoms with van der Waals surface area (Å²) in [7, 11) is 0. The standard InChI is InChI=1S/C13H18N2O2/c16-13(17)15-9-8-14-10-12(15)7-6-11-4-2-1-3-5-11/h1-5,12,14H,6-10H2,(H,16,17)/t12-/m1/s1. The van der Waals surface area contributed by atoms with E-state index in [1.807, 2.05) is 18.2 Å². The fraction of sp³-hybridized carbons (Fsp3) is 0.462. The number of rotatable bonds is 3. The van der Waals surface area contributed by atoms with Crippen LogP contribution in [0.25, 0.3) is 0 Å². The molecule has 1 heterocycles. The van der Waals surface area contributed by atoms with Crippen molar-refractivity contribution in [3.63, 3.8) is 0 Å². The monoisotopic (exact) mass is 234 g/mol. The summed E-state index contributed by atoms with van der Waals surface area (Å²) in [6, 6.07) is 10.3. The molecule has 2 N–H and O–H groups in total. The number of benzene rings is 1. The molecule has 2 rings (SSSR count). The highest BCUT2D eigenvalue weighted by Gasteiger charge is 2.25. The van der Waals surface area contributed by atoms with Crippen molar-refractivity contribution < 1.29 is 9.90 Å². The van der Waals surface area contributed by atoms with Crippen molar-refractivity contribution in [1.82, 2.24) is 10.2 Å². The molecule has 4 nitrogen and oxygen atoms in total. The molecule has 1 fully saturated rings. The molecule has 1 aromatic rings. The third-order valence-corrected chi connectivity index (χ3v) is 3.20. The average molecular weight is 234 g/mol. The molecule has 4 heteroatoms. The summed E-state index contributed by atoms with van der Waals surface area (Å²) in [5.74, 6) is 0. The number of hydrogen-bond acceptors (Lipinski definition) is 2. The van der Waals surface area contributed by atoms with Crippen LogP contribution in [0, 0.1) is 0 Å². The zero-order valence-electron chi connectivity index (χ0n) is 9.80. The molecule has 0 radical (unpaired) electrons. The Morgan fingerprint density at radius 2 is 2.18 bits per heavy atom. The quantitative estimate of drug-likeness (QED) is 0.834. The van der Waals surface area contributed by atoms with Gasteiger partial charge in [0.05, 0.1) is 0 Å². The molecule has 0 bridgehead atoms. The summed E-state index contributed by atoms with van der Waals surface area (Å²) < 4.78 is 0. The summed E-state index contributed by atoms with van der Waals surface area (Å²) in [5.41, 5.74) is 1.27. The number of nitrogens with zero attached hydrogens (tertiary/aromatic N) is 1. The van der Waals surface area contributed by atoms with Crippen molar-refractivity contribution in [3.05, 3.63) is 35.9 Å². The van der Waals surface area contributed by atoms with E-state index in [1.54, 1.807) is 4.90 Å². The molecule has 0 unspecified atom stereocenters. The maximum Gasteiger partial charge on any atom is 0.407 e. The summed E-state index contributed by atoms with van der Waals surface area (Å²) in [6.07, 6.45) is 1.00. The minimum Gasteiger partial charge on any atom is -0.465 e. The van der Waals surface area contributed by atoms with Crippen LogP contribution < -0.4 is 5.32 Å². The topological polar surface area (TPSA) is 52.6 Å². The van der Waals surface area contributed by atoms with Gasteiger partial charge in [0, 0.05) is 25.7 Å². The fourth-order valence-corrected chi connectivity index (χ4v) is 2.25. The number of aryl methyl sites for hydroxylation is 1. The van der Waals surface area contributed by atoms with E-state index in [-0.39, 0.29) is 6.04 Å². The molecule has 0 aromatic heterocycles. The second kappa shape index (κ2) is 5.68. The van der Waals surface area contributed by atoms with E-state index < -0.39 is 6.09 Å². The Morgan fingerprint density at radius 1 is 1.41 bits per heavy atom. The molecule has 0 spiro atoms. The second-order valence-electron chi connectivity index (χ2n) is 4.36. The first kappa shape index (κ1) is 11.9. The molecular formula is C13H18N2O2. The maximum atomic E-state index is 11.1. The minimum absolute atomic E-state index is 0.0986. The molecule has 92 valence electrons. The van der Waals surface area contributed by atoms with Gasteiger partial charge >= 0.3 is 6.09 Å². The first-order chi connectivity index (χ1) is 8.27. The van der Waals surface area contributed by atoms with Gasteiger partial charge in [-0.3, -0.25) is 0 Å². The summed E-state index contributed by atoms with van der Waals surface area (Å²) in [4.78, 5) is 12.6. The highest BCUT2D eigenvalue weighted by Crippen LogP contribution is 2.12. The minimum atomic E-state index is -0.801. The number of carbonyl (C=O) groups is 1. The number of hydrogen-bond donors (Lipinski definition) is 2. The van der Waals surface area contributed by atoms with Crippen molar-refractivity contribution in [2.75, 3.05) is 19.6 Å². The third-order valence-electron chi connectivity index (χ3n) is 3.20. The number of carboxylic acid groups (broad SMARTS) is 1. The van der Waals surface area contributed by atoms with Gasteiger partial charge < -0.3 is 15.3 Å². The Kier molecular flexibility index (Phi) is 3.98. The SMILES string of the molecule is O=C(O)N1CCNC[C@H]1CCc1ccccc1. The average Bonchev–Trinajstić information content (AvgIpc) is 2.38. The highest BCUT2D eigenvalue weighted by atomic mass is 16.4. The summed E-state index contributed by atoms with van der Waals surface area (Å²) >= 11 is 0. The van der Waals surface area contributed by atoms with Crippen LogP contribution in [0.1, 0.15) is 12.0 Å². The molecule has 1 atom stereocenters. The van der Waals surface area contributed by atoms with Crippen LogP contribution in [-0.2, 0) is 6.42 Å². The Morgan fingerprint density at radius 3 is 2.88 bits per heavy atom. The van der Waals surface area contributed by atoms with Crippen molar-refractivity contribution in [3.8, 4) is 0 Å².